The van der Waals surface area contributed by atoms with Gasteiger partial charge in [0.15, 0.2) is 0 Å². The van der Waals surface area contributed by atoms with Crippen LogP contribution in [0.1, 0.15) is 41.5 Å². The summed E-state index contributed by atoms with van der Waals surface area (Å²) in [4.78, 5) is 1.50. The number of piperidine rings is 1. The summed E-state index contributed by atoms with van der Waals surface area (Å²) >= 11 is 1.71. The van der Waals surface area contributed by atoms with Crippen LogP contribution in [0.25, 0.3) is 10.9 Å². The zero-order valence-corrected chi connectivity index (χ0v) is 12.4. The number of nitrogens with zero attached hydrogens (tertiary/aromatic N) is 1. The fourth-order valence-electron chi connectivity index (χ4n) is 3.41. The van der Waals surface area contributed by atoms with Gasteiger partial charge in [-0.25, -0.2) is 0 Å². The maximum atomic E-state index is 5.53. The lowest BCUT2D eigenvalue weighted by atomic mass is 9.92. The first-order valence-electron chi connectivity index (χ1n) is 7.59. The van der Waals surface area contributed by atoms with Crippen LogP contribution in [0.2, 0.25) is 0 Å². The molecule has 0 radical (unpaired) electrons. The highest BCUT2D eigenvalue weighted by atomic mass is 32.1. The molecule has 0 spiro atoms. The second-order valence-corrected chi connectivity index (χ2v) is 6.71. The molecule has 2 saturated heterocycles. The SMILES string of the molecule is c1cc2nsc(C3CCNCC3)c2cc1[C@H]1CCOC1. The van der Waals surface area contributed by atoms with E-state index in [1.54, 1.807) is 11.5 Å². The topological polar surface area (TPSA) is 34.2 Å². The average Bonchev–Trinajstić information content (AvgIpc) is 3.17. The standard InChI is InChI=1S/C16H20N2OS/c1-2-15-14(9-12(1)13-5-8-19-10-13)16(20-18-15)11-3-6-17-7-4-11/h1-2,9,11,13,17H,3-8,10H2/t13-/m0/s1. The number of aromatic nitrogens is 1. The van der Waals surface area contributed by atoms with Crippen molar-refractivity contribution < 1.29 is 4.74 Å². The smallest absolute Gasteiger partial charge is 0.0843 e. The fourth-order valence-corrected chi connectivity index (χ4v) is 4.41. The van der Waals surface area contributed by atoms with Crippen molar-refractivity contribution in [3.8, 4) is 0 Å². The number of rotatable bonds is 2. The highest BCUT2D eigenvalue weighted by Gasteiger charge is 2.22. The van der Waals surface area contributed by atoms with Crippen LogP contribution in [0.3, 0.4) is 0 Å². The van der Waals surface area contributed by atoms with Crippen LogP contribution in [0.4, 0.5) is 0 Å². The second-order valence-electron chi connectivity index (χ2n) is 5.91. The maximum absolute atomic E-state index is 5.53. The van der Waals surface area contributed by atoms with Gasteiger partial charge in [-0.1, -0.05) is 6.07 Å². The Bertz CT molecular complexity index is 598. The number of benzene rings is 1. The Kier molecular flexibility index (Phi) is 3.46. The van der Waals surface area contributed by atoms with E-state index >= 15 is 0 Å². The quantitative estimate of drug-likeness (QED) is 0.921. The molecule has 20 heavy (non-hydrogen) atoms. The van der Waals surface area contributed by atoms with Crippen molar-refractivity contribution in [3.63, 3.8) is 0 Å². The lowest BCUT2D eigenvalue weighted by molar-refractivity contribution is 0.194. The Balaban J connectivity index is 1.71. The molecule has 2 aliphatic heterocycles. The lowest BCUT2D eigenvalue weighted by Crippen LogP contribution is -2.26. The van der Waals surface area contributed by atoms with Crippen molar-refractivity contribution in [1.82, 2.24) is 9.69 Å². The summed E-state index contributed by atoms with van der Waals surface area (Å²) < 4.78 is 10.2. The van der Waals surface area contributed by atoms with Gasteiger partial charge in [0, 0.05) is 22.8 Å². The van der Waals surface area contributed by atoms with Crippen molar-refractivity contribution in [1.29, 1.82) is 0 Å². The zero-order valence-electron chi connectivity index (χ0n) is 11.6. The number of hydrogen-bond donors (Lipinski definition) is 1. The van der Waals surface area contributed by atoms with Crippen LogP contribution in [0.5, 0.6) is 0 Å². The van der Waals surface area contributed by atoms with Crippen molar-refractivity contribution in [2.45, 2.75) is 31.1 Å². The molecule has 1 aromatic heterocycles. The summed E-state index contributed by atoms with van der Waals surface area (Å²) in [6.07, 6.45) is 3.65. The largest absolute Gasteiger partial charge is 0.381 e. The van der Waals surface area contributed by atoms with Crippen LogP contribution in [0, 0.1) is 0 Å². The third kappa shape index (κ3) is 2.26. The Morgan fingerprint density at radius 1 is 1.15 bits per heavy atom. The van der Waals surface area contributed by atoms with Crippen LogP contribution in [0.15, 0.2) is 18.2 Å². The Morgan fingerprint density at radius 3 is 2.85 bits per heavy atom. The maximum Gasteiger partial charge on any atom is 0.0843 e. The highest BCUT2D eigenvalue weighted by Crippen LogP contribution is 2.36. The molecule has 0 aliphatic carbocycles. The van der Waals surface area contributed by atoms with Gasteiger partial charge in [0.25, 0.3) is 0 Å². The average molecular weight is 288 g/mol. The van der Waals surface area contributed by atoms with Gasteiger partial charge in [-0.15, -0.1) is 0 Å². The molecule has 1 atom stereocenters. The number of ether oxygens (including phenoxy) is 1. The first kappa shape index (κ1) is 12.7. The van der Waals surface area contributed by atoms with E-state index in [0.29, 0.717) is 11.8 Å². The Labute approximate surface area is 123 Å². The van der Waals surface area contributed by atoms with Gasteiger partial charge in [-0.3, -0.25) is 0 Å². The molecule has 2 aliphatic rings. The van der Waals surface area contributed by atoms with Gasteiger partial charge in [0.1, 0.15) is 0 Å². The fraction of sp³-hybridized carbons (Fsp3) is 0.562. The number of hydrogen-bond acceptors (Lipinski definition) is 4. The molecule has 106 valence electrons. The van der Waals surface area contributed by atoms with Crippen molar-refractivity contribution in [2.75, 3.05) is 26.3 Å². The van der Waals surface area contributed by atoms with Crippen LogP contribution >= 0.6 is 11.5 Å². The van der Waals surface area contributed by atoms with E-state index in [-0.39, 0.29) is 0 Å². The van der Waals surface area contributed by atoms with E-state index in [1.165, 1.54) is 34.2 Å². The van der Waals surface area contributed by atoms with Gasteiger partial charge in [-0.2, -0.15) is 4.37 Å². The van der Waals surface area contributed by atoms with Crippen molar-refractivity contribution >= 4 is 22.4 Å². The highest BCUT2D eigenvalue weighted by molar-refractivity contribution is 7.07. The minimum Gasteiger partial charge on any atom is -0.381 e. The predicted molar refractivity (Wildman–Crippen MR) is 82.6 cm³/mol. The molecule has 4 rings (SSSR count). The molecule has 0 unspecified atom stereocenters. The van der Waals surface area contributed by atoms with Crippen molar-refractivity contribution in [3.05, 3.63) is 28.6 Å². The van der Waals surface area contributed by atoms with E-state index in [9.17, 15) is 0 Å². The number of fused-ring (bicyclic) bond motifs is 1. The molecule has 0 saturated carbocycles. The summed E-state index contributed by atoms with van der Waals surface area (Å²) in [6.45, 7) is 4.07. The summed E-state index contributed by atoms with van der Waals surface area (Å²) in [6, 6.07) is 6.83. The van der Waals surface area contributed by atoms with Crippen LogP contribution in [-0.4, -0.2) is 30.7 Å². The third-order valence-corrected chi connectivity index (χ3v) is 5.68. The molecular formula is C16H20N2OS. The summed E-state index contributed by atoms with van der Waals surface area (Å²) in [5.41, 5.74) is 2.61. The summed E-state index contributed by atoms with van der Waals surface area (Å²) in [5.74, 6) is 1.28. The molecule has 4 heteroatoms. The molecule has 0 bridgehead atoms. The van der Waals surface area contributed by atoms with Crippen molar-refractivity contribution in [2.24, 2.45) is 0 Å². The van der Waals surface area contributed by atoms with Gasteiger partial charge in [0.2, 0.25) is 0 Å². The molecule has 2 aromatic rings. The molecular weight excluding hydrogens is 268 g/mol. The van der Waals surface area contributed by atoms with E-state index in [0.717, 1.165) is 32.7 Å². The van der Waals surface area contributed by atoms with E-state index in [4.69, 9.17) is 4.74 Å². The second kappa shape index (κ2) is 5.43. The van der Waals surface area contributed by atoms with Crippen LogP contribution in [-0.2, 0) is 4.74 Å². The van der Waals surface area contributed by atoms with Gasteiger partial charge >= 0.3 is 0 Å². The molecule has 1 N–H and O–H groups in total. The van der Waals surface area contributed by atoms with Gasteiger partial charge < -0.3 is 10.1 Å². The minimum atomic E-state index is 0.583. The van der Waals surface area contributed by atoms with Gasteiger partial charge in [-0.05, 0) is 67.5 Å². The van der Waals surface area contributed by atoms with Crippen LogP contribution < -0.4 is 5.32 Å². The summed E-state index contributed by atoms with van der Waals surface area (Å²) in [7, 11) is 0. The normalized spacial score (nSPS) is 24.5. The molecule has 3 nitrogen and oxygen atoms in total. The molecule has 0 amide bonds. The lowest BCUT2D eigenvalue weighted by Gasteiger charge is -2.21. The minimum absolute atomic E-state index is 0.583. The number of nitrogens with one attached hydrogen (secondary N) is 1. The third-order valence-electron chi connectivity index (χ3n) is 4.64. The monoisotopic (exact) mass is 288 g/mol. The van der Waals surface area contributed by atoms with Gasteiger partial charge in [0.05, 0.1) is 12.1 Å². The molecule has 1 aromatic carbocycles. The van der Waals surface area contributed by atoms with E-state index < -0.39 is 0 Å². The Hall–Kier alpha value is -0.970. The Morgan fingerprint density at radius 2 is 2.05 bits per heavy atom. The predicted octanol–water partition coefficient (Wildman–Crippen LogP) is 3.27. The van der Waals surface area contributed by atoms with E-state index in [1.807, 2.05) is 0 Å². The molecule has 3 heterocycles. The molecule has 2 fully saturated rings. The first-order valence-corrected chi connectivity index (χ1v) is 8.37. The summed E-state index contributed by atoms with van der Waals surface area (Å²) in [5, 5.41) is 4.84. The zero-order chi connectivity index (χ0) is 13.4. The first-order chi connectivity index (χ1) is 9.92. The van der Waals surface area contributed by atoms with E-state index in [2.05, 4.69) is 27.9 Å².